The molecule has 0 fully saturated rings. The van der Waals surface area contributed by atoms with Crippen LogP contribution in [0, 0.1) is 0 Å². The Morgan fingerprint density at radius 1 is 1.05 bits per heavy atom. The smallest absolute Gasteiger partial charge is 0.129 e. The first-order valence-corrected chi connectivity index (χ1v) is 6.76. The van der Waals surface area contributed by atoms with Crippen molar-refractivity contribution in [1.82, 2.24) is 0 Å². The number of nitrogens with zero attached hydrogens (tertiary/aromatic N) is 1. The molecule has 0 unspecified atom stereocenters. The highest BCUT2D eigenvalue weighted by molar-refractivity contribution is 5.82. The lowest BCUT2D eigenvalue weighted by atomic mass is 10.3. The first-order chi connectivity index (χ1) is 9.61. The lowest BCUT2D eigenvalue weighted by Crippen LogP contribution is -2.08. The molecule has 0 spiro atoms. The van der Waals surface area contributed by atoms with Crippen LogP contribution in [-0.4, -0.2) is 25.5 Å². The first kappa shape index (κ1) is 16.1. The summed E-state index contributed by atoms with van der Waals surface area (Å²) in [5.41, 5.74) is 2.05. The highest BCUT2D eigenvalue weighted by Gasteiger charge is 1.98. The molecule has 0 bridgehead atoms. The van der Waals surface area contributed by atoms with Crippen LogP contribution in [0.2, 0.25) is 0 Å². The fourth-order valence-electron chi connectivity index (χ4n) is 1.33. The molecule has 0 atom stereocenters. The number of hydrogen-bond acceptors (Lipinski definition) is 4. The second-order valence-electron chi connectivity index (χ2n) is 4.60. The molecule has 4 nitrogen and oxygen atoms in total. The third kappa shape index (κ3) is 6.83. The molecular formula is C16H23NO3. The second-order valence-corrected chi connectivity index (χ2v) is 4.60. The van der Waals surface area contributed by atoms with Crippen LogP contribution in [0.4, 0.5) is 0 Å². The fourth-order valence-corrected chi connectivity index (χ4v) is 1.33. The summed E-state index contributed by atoms with van der Waals surface area (Å²) in [6.07, 6.45) is 2.04. The molecule has 0 radical (unpaired) electrons. The monoisotopic (exact) mass is 277 g/mol. The van der Waals surface area contributed by atoms with Crippen LogP contribution in [0.15, 0.2) is 41.1 Å². The van der Waals surface area contributed by atoms with Crippen molar-refractivity contribution in [2.24, 2.45) is 5.16 Å². The molecular weight excluding hydrogens is 254 g/mol. The minimum absolute atomic E-state index is 0.415. The summed E-state index contributed by atoms with van der Waals surface area (Å²) >= 11 is 0. The van der Waals surface area contributed by atoms with Crippen molar-refractivity contribution in [1.29, 1.82) is 0 Å². The summed E-state index contributed by atoms with van der Waals surface area (Å²) in [6.45, 7) is 9.42. The van der Waals surface area contributed by atoms with Crippen molar-refractivity contribution < 1.29 is 14.3 Å². The van der Waals surface area contributed by atoms with E-state index in [4.69, 9.17) is 14.3 Å². The third-order valence-corrected chi connectivity index (χ3v) is 2.36. The predicted molar refractivity (Wildman–Crippen MR) is 81.6 cm³/mol. The minimum atomic E-state index is 0.415. The van der Waals surface area contributed by atoms with Crippen molar-refractivity contribution in [2.75, 3.05) is 19.8 Å². The van der Waals surface area contributed by atoms with E-state index < -0.39 is 0 Å². The van der Waals surface area contributed by atoms with E-state index in [2.05, 4.69) is 5.16 Å². The predicted octanol–water partition coefficient (Wildman–Crippen LogP) is 3.82. The van der Waals surface area contributed by atoms with Crippen LogP contribution >= 0.6 is 0 Å². The molecule has 0 aliphatic heterocycles. The van der Waals surface area contributed by atoms with Crippen molar-refractivity contribution >= 4 is 5.71 Å². The molecule has 4 heteroatoms. The van der Waals surface area contributed by atoms with Gasteiger partial charge in [0.15, 0.2) is 0 Å². The van der Waals surface area contributed by atoms with Gasteiger partial charge in [-0.3, -0.25) is 0 Å². The Balaban J connectivity index is 2.40. The Kier molecular flexibility index (Phi) is 7.25. The van der Waals surface area contributed by atoms with Gasteiger partial charge in [-0.25, -0.2) is 0 Å². The Hall–Kier alpha value is -1.97. The normalized spacial score (nSPS) is 10.9. The summed E-state index contributed by atoms with van der Waals surface area (Å²) in [7, 11) is 0. The molecule has 1 aromatic carbocycles. The lowest BCUT2D eigenvalue weighted by molar-refractivity contribution is 0.156. The Morgan fingerprint density at radius 2 is 1.65 bits per heavy atom. The van der Waals surface area contributed by atoms with E-state index in [0.29, 0.717) is 19.8 Å². The lowest BCUT2D eigenvalue weighted by Gasteiger charge is -2.07. The van der Waals surface area contributed by atoms with E-state index in [0.717, 1.165) is 17.2 Å². The van der Waals surface area contributed by atoms with Crippen LogP contribution in [-0.2, 0) is 4.84 Å². The van der Waals surface area contributed by atoms with E-state index in [1.807, 2.05) is 58.0 Å². The van der Waals surface area contributed by atoms with Crippen molar-refractivity contribution in [3.8, 4) is 11.5 Å². The minimum Gasteiger partial charge on any atom is -0.490 e. The molecule has 0 heterocycles. The Labute approximate surface area is 121 Å². The van der Waals surface area contributed by atoms with Gasteiger partial charge >= 0.3 is 0 Å². The molecule has 0 saturated heterocycles. The maximum absolute atomic E-state index is 5.58. The first-order valence-electron chi connectivity index (χ1n) is 6.76. The molecule has 0 aromatic heterocycles. The molecule has 1 aromatic rings. The molecule has 0 N–H and O–H groups in total. The Morgan fingerprint density at radius 3 is 2.20 bits per heavy atom. The number of rotatable bonds is 8. The summed E-state index contributed by atoms with van der Waals surface area (Å²) in [5.74, 6) is 1.61. The van der Waals surface area contributed by atoms with Gasteiger partial charge in [0.05, 0.1) is 5.71 Å². The molecule has 0 aliphatic carbocycles. The van der Waals surface area contributed by atoms with Gasteiger partial charge < -0.3 is 14.3 Å². The fraction of sp³-hybridized carbons (Fsp3) is 0.438. The van der Waals surface area contributed by atoms with Crippen molar-refractivity contribution in [3.05, 3.63) is 35.9 Å². The Bertz CT molecular complexity index is 445. The van der Waals surface area contributed by atoms with Gasteiger partial charge in [-0.2, -0.15) is 0 Å². The topological polar surface area (TPSA) is 40.0 Å². The van der Waals surface area contributed by atoms with Gasteiger partial charge in [-0.15, -0.1) is 0 Å². The maximum Gasteiger partial charge on any atom is 0.129 e. The van der Waals surface area contributed by atoms with Crippen molar-refractivity contribution in [3.63, 3.8) is 0 Å². The number of hydrogen-bond donors (Lipinski definition) is 0. The number of ether oxygens (including phenoxy) is 2. The average Bonchev–Trinajstić information content (AvgIpc) is 2.44. The molecule has 0 aliphatic rings. The van der Waals surface area contributed by atoms with Gasteiger partial charge in [-0.1, -0.05) is 10.7 Å². The highest BCUT2D eigenvalue weighted by atomic mass is 16.6. The zero-order valence-electron chi connectivity index (χ0n) is 12.7. The van der Waals surface area contributed by atoms with Crippen LogP contribution in [0.5, 0.6) is 11.5 Å². The largest absolute Gasteiger partial charge is 0.490 e. The molecule has 20 heavy (non-hydrogen) atoms. The second kappa shape index (κ2) is 9.02. The number of oxime groups is 1. The standard InChI is InChI=1S/C16H23NO3/c1-5-20-17-14(4)12-19-16-8-6-15(7-9-16)18-11-10-13(2)3/h6-10H,5,11-12H2,1-4H3. The van der Waals surface area contributed by atoms with E-state index in [1.165, 1.54) is 5.57 Å². The van der Waals surface area contributed by atoms with Gasteiger partial charge in [-0.05, 0) is 58.0 Å². The van der Waals surface area contributed by atoms with Crippen LogP contribution in [0.25, 0.3) is 0 Å². The quantitative estimate of drug-likeness (QED) is 0.412. The van der Waals surface area contributed by atoms with E-state index in [-0.39, 0.29) is 0 Å². The van der Waals surface area contributed by atoms with Gasteiger partial charge in [0, 0.05) is 0 Å². The highest BCUT2D eigenvalue weighted by Crippen LogP contribution is 2.17. The number of benzene rings is 1. The van der Waals surface area contributed by atoms with E-state index in [9.17, 15) is 0 Å². The third-order valence-electron chi connectivity index (χ3n) is 2.36. The van der Waals surface area contributed by atoms with Crippen LogP contribution in [0.3, 0.4) is 0 Å². The van der Waals surface area contributed by atoms with E-state index >= 15 is 0 Å². The average molecular weight is 277 g/mol. The van der Waals surface area contributed by atoms with Gasteiger partial charge in [0.1, 0.15) is 31.3 Å². The molecule has 0 amide bonds. The van der Waals surface area contributed by atoms with Crippen molar-refractivity contribution in [2.45, 2.75) is 27.7 Å². The molecule has 1 rings (SSSR count). The summed E-state index contributed by atoms with van der Waals surface area (Å²) in [5, 5.41) is 3.89. The zero-order chi connectivity index (χ0) is 14.8. The van der Waals surface area contributed by atoms with Crippen LogP contribution < -0.4 is 9.47 Å². The van der Waals surface area contributed by atoms with Gasteiger partial charge in [0.2, 0.25) is 0 Å². The summed E-state index contributed by atoms with van der Waals surface area (Å²) in [4.78, 5) is 4.95. The summed E-state index contributed by atoms with van der Waals surface area (Å²) in [6, 6.07) is 7.55. The van der Waals surface area contributed by atoms with E-state index in [1.54, 1.807) is 0 Å². The van der Waals surface area contributed by atoms with Crippen LogP contribution in [0.1, 0.15) is 27.7 Å². The number of allylic oxidation sites excluding steroid dienone is 1. The summed E-state index contributed by atoms with van der Waals surface area (Å²) < 4.78 is 11.2. The molecule has 0 saturated carbocycles. The van der Waals surface area contributed by atoms with Gasteiger partial charge in [0.25, 0.3) is 0 Å². The zero-order valence-corrected chi connectivity index (χ0v) is 12.7. The SMILES string of the molecule is CCON=C(C)COc1ccc(OCC=C(C)C)cc1. The molecule has 110 valence electrons. The maximum atomic E-state index is 5.58.